The molecule has 106 valence electrons. The maximum atomic E-state index is 11.7. The number of ether oxygens (including phenoxy) is 1. The minimum atomic E-state index is -1.78. The third-order valence-electron chi connectivity index (χ3n) is 2.48. The summed E-state index contributed by atoms with van der Waals surface area (Å²) in [5.41, 5.74) is 0.424. The summed E-state index contributed by atoms with van der Waals surface area (Å²) in [6.07, 6.45) is 1.57. The summed E-state index contributed by atoms with van der Waals surface area (Å²) < 4.78 is 16.4. The van der Waals surface area contributed by atoms with E-state index in [4.69, 9.17) is 13.6 Å². The van der Waals surface area contributed by atoms with Crippen molar-refractivity contribution in [2.45, 2.75) is 26.3 Å². The molecule has 1 rings (SSSR count). The molecule has 0 saturated heterocycles. The van der Waals surface area contributed by atoms with Crippen molar-refractivity contribution in [3.63, 3.8) is 0 Å². The van der Waals surface area contributed by atoms with Crippen molar-refractivity contribution in [2.75, 3.05) is 19.8 Å². The van der Waals surface area contributed by atoms with E-state index in [0.717, 1.165) is 0 Å². The van der Waals surface area contributed by atoms with Crippen LogP contribution in [-0.2, 0) is 13.6 Å². The predicted molar refractivity (Wildman–Crippen MR) is 74.3 cm³/mol. The first-order valence-electron chi connectivity index (χ1n) is 6.50. The summed E-state index contributed by atoms with van der Waals surface area (Å²) in [5.74, 6) is -0.409. The molecule has 0 saturated carbocycles. The van der Waals surface area contributed by atoms with E-state index in [0.29, 0.717) is 25.5 Å². The fraction of sp³-hybridized carbons (Fsp3) is 0.538. The zero-order valence-electron chi connectivity index (χ0n) is 11.7. The van der Waals surface area contributed by atoms with Crippen molar-refractivity contribution in [1.82, 2.24) is 4.98 Å². The molecule has 0 fully saturated rings. The number of hydrogen-bond acceptors (Lipinski definition) is 5. The Morgan fingerprint density at radius 2 is 2.00 bits per heavy atom. The zero-order valence-corrected chi connectivity index (χ0v) is 12.8. The maximum absolute atomic E-state index is 11.7. The van der Waals surface area contributed by atoms with E-state index < -0.39 is 15.3 Å². The van der Waals surface area contributed by atoms with Gasteiger partial charge in [-0.05, 0) is 26.0 Å². The summed E-state index contributed by atoms with van der Waals surface area (Å²) in [6.45, 7) is 7.39. The SMILES string of the molecule is CCO[SiH](OCC)C(C)COC(=O)c1ccccn1. The number of esters is 1. The van der Waals surface area contributed by atoms with E-state index in [1.807, 2.05) is 20.8 Å². The second kappa shape index (κ2) is 8.79. The second-order valence-corrected chi connectivity index (χ2v) is 6.61. The zero-order chi connectivity index (χ0) is 14.1. The molecule has 1 unspecified atom stereocenters. The van der Waals surface area contributed by atoms with E-state index in [-0.39, 0.29) is 5.54 Å². The van der Waals surface area contributed by atoms with Gasteiger partial charge in [-0.3, -0.25) is 0 Å². The molecule has 19 heavy (non-hydrogen) atoms. The van der Waals surface area contributed by atoms with Crippen molar-refractivity contribution >= 4 is 15.3 Å². The van der Waals surface area contributed by atoms with Crippen LogP contribution in [0.1, 0.15) is 31.3 Å². The molecule has 5 nitrogen and oxygen atoms in total. The van der Waals surface area contributed by atoms with Crippen LogP contribution in [0.4, 0.5) is 0 Å². The van der Waals surface area contributed by atoms with Crippen LogP contribution >= 0.6 is 0 Å². The summed E-state index contributed by atoms with van der Waals surface area (Å²) in [4.78, 5) is 15.7. The molecule has 1 aromatic heterocycles. The van der Waals surface area contributed by atoms with Gasteiger partial charge in [0.15, 0.2) is 0 Å². The lowest BCUT2D eigenvalue weighted by Gasteiger charge is -2.21. The molecule has 1 aromatic rings. The minimum absolute atomic E-state index is 0.104. The topological polar surface area (TPSA) is 57.7 Å². The Bertz CT molecular complexity index is 368. The normalized spacial score (nSPS) is 12.4. The largest absolute Gasteiger partial charge is 0.461 e. The Balaban J connectivity index is 2.44. The van der Waals surface area contributed by atoms with Crippen molar-refractivity contribution < 1.29 is 18.4 Å². The fourth-order valence-corrected chi connectivity index (χ4v) is 3.21. The molecule has 0 aliphatic heterocycles. The summed E-state index contributed by atoms with van der Waals surface area (Å²) in [5, 5.41) is 0. The van der Waals surface area contributed by atoms with Gasteiger partial charge in [-0.25, -0.2) is 9.78 Å². The highest BCUT2D eigenvalue weighted by Crippen LogP contribution is 2.13. The van der Waals surface area contributed by atoms with Gasteiger partial charge in [0, 0.05) is 25.0 Å². The number of rotatable bonds is 8. The number of pyridine rings is 1. The fourth-order valence-electron chi connectivity index (χ4n) is 1.55. The Kier molecular flexibility index (Phi) is 7.31. The molecule has 1 heterocycles. The van der Waals surface area contributed by atoms with Crippen LogP contribution in [-0.4, -0.2) is 40.1 Å². The molecule has 0 radical (unpaired) electrons. The van der Waals surface area contributed by atoms with Crippen LogP contribution in [0.3, 0.4) is 0 Å². The van der Waals surface area contributed by atoms with Crippen LogP contribution in [0.5, 0.6) is 0 Å². The average Bonchev–Trinajstić information content (AvgIpc) is 2.45. The average molecular weight is 283 g/mol. The third kappa shape index (κ3) is 5.50. The third-order valence-corrected chi connectivity index (χ3v) is 4.92. The quantitative estimate of drug-likeness (QED) is 0.539. The first-order chi connectivity index (χ1) is 9.19. The Morgan fingerprint density at radius 1 is 1.32 bits per heavy atom. The van der Waals surface area contributed by atoms with Crippen molar-refractivity contribution in [1.29, 1.82) is 0 Å². The Morgan fingerprint density at radius 3 is 2.53 bits per heavy atom. The minimum Gasteiger partial charge on any atom is -0.461 e. The lowest BCUT2D eigenvalue weighted by molar-refractivity contribution is 0.0482. The van der Waals surface area contributed by atoms with Gasteiger partial charge in [-0.15, -0.1) is 0 Å². The van der Waals surface area contributed by atoms with E-state index in [2.05, 4.69) is 4.98 Å². The van der Waals surface area contributed by atoms with Crippen LogP contribution < -0.4 is 0 Å². The van der Waals surface area contributed by atoms with E-state index in [9.17, 15) is 4.79 Å². The molecule has 6 heteroatoms. The summed E-state index contributed by atoms with van der Waals surface area (Å²) >= 11 is 0. The van der Waals surface area contributed by atoms with Gasteiger partial charge in [-0.1, -0.05) is 13.0 Å². The van der Waals surface area contributed by atoms with Gasteiger partial charge >= 0.3 is 15.3 Å². The molecule has 0 bridgehead atoms. The molecule has 0 aromatic carbocycles. The molecule has 0 spiro atoms. The van der Waals surface area contributed by atoms with E-state index >= 15 is 0 Å². The van der Waals surface area contributed by atoms with E-state index in [1.54, 1.807) is 24.4 Å². The standard InChI is InChI=1S/C13H21NO4Si/c1-4-17-19(18-5-2)11(3)10-16-13(15)12-8-6-7-9-14-12/h6-9,11,19H,4-5,10H2,1-3H3. The molecule has 0 aliphatic rings. The number of nitrogens with zero attached hydrogens (tertiary/aromatic N) is 1. The molecule has 0 aliphatic carbocycles. The van der Waals surface area contributed by atoms with Crippen LogP contribution in [0.2, 0.25) is 5.54 Å². The van der Waals surface area contributed by atoms with Crippen LogP contribution in [0.25, 0.3) is 0 Å². The maximum Gasteiger partial charge on any atom is 0.356 e. The predicted octanol–water partition coefficient (Wildman–Crippen LogP) is 1.92. The van der Waals surface area contributed by atoms with Gasteiger partial charge in [0.1, 0.15) is 5.69 Å². The van der Waals surface area contributed by atoms with Crippen LogP contribution in [0, 0.1) is 0 Å². The molecular weight excluding hydrogens is 262 g/mol. The Hall–Kier alpha value is -1.24. The first kappa shape index (κ1) is 15.8. The number of aromatic nitrogens is 1. The summed E-state index contributed by atoms with van der Waals surface area (Å²) in [7, 11) is -1.78. The number of carbonyl (C=O) groups excluding carboxylic acids is 1. The van der Waals surface area contributed by atoms with Gasteiger partial charge < -0.3 is 13.6 Å². The van der Waals surface area contributed by atoms with Gasteiger partial charge in [-0.2, -0.15) is 0 Å². The summed E-state index contributed by atoms with van der Waals surface area (Å²) in [6, 6.07) is 5.14. The smallest absolute Gasteiger partial charge is 0.356 e. The second-order valence-electron chi connectivity index (χ2n) is 4.07. The van der Waals surface area contributed by atoms with Crippen LogP contribution in [0.15, 0.2) is 24.4 Å². The lowest BCUT2D eigenvalue weighted by atomic mass is 10.3. The number of hydrogen-bond donors (Lipinski definition) is 0. The lowest BCUT2D eigenvalue weighted by Crippen LogP contribution is -2.31. The molecule has 0 N–H and O–H groups in total. The number of carbonyl (C=O) groups is 1. The van der Waals surface area contributed by atoms with Gasteiger partial charge in [0.25, 0.3) is 0 Å². The highest BCUT2D eigenvalue weighted by Gasteiger charge is 2.23. The van der Waals surface area contributed by atoms with Gasteiger partial charge in [0.2, 0.25) is 0 Å². The Labute approximate surface area is 115 Å². The van der Waals surface area contributed by atoms with Gasteiger partial charge in [0.05, 0.1) is 6.61 Å². The highest BCUT2D eigenvalue weighted by atomic mass is 28.3. The van der Waals surface area contributed by atoms with Crippen molar-refractivity contribution in [3.8, 4) is 0 Å². The van der Waals surface area contributed by atoms with E-state index in [1.165, 1.54) is 0 Å². The van der Waals surface area contributed by atoms with Crippen molar-refractivity contribution in [3.05, 3.63) is 30.1 Å². The molecule has 0 amide bonds. The first-order valence-corrected chi connectivity index (χ1v) is 8.11. The highest BCUT2D eigenvalue weighted by molar-refractivity contribution is 6.46. The van der Waals surface area contributed by atoms with Crippen molar-refractivity contribution in [2.24, 2.45) is 0 Å². The monoisotopic (exact) mass is 283 g/mol. The molecule has 1 atom stereocenters. The molecular formula is C13H21NO4Si.